The Labute approximate surface area is 186 Å². The lowest BCUT2D eigenvalue weighted by atomic mass is 9.80. The number of ether oxygens (including phenoxy) is 2. The van der Waals surface area contributed by atoms with E-state index in [1.54, 1.807) is 14.0 Å². The predicted octanol–water partition coefficient (Wildman–Crippen LogP) is 5.36. The van der Waals surface area contributed by atoms with E-state index in [1.165, 1.54) is 0 Å². The fraction of sp³-hybridized carbons (Fsp3) is 0.280. The van der Waals surface area contributed by atoms with Crippen molar-refractivity contribution in [2.24, 2.45) is 0 Å². The van der Waals surface area contributed by atoms with Gasteiger partial charge in [0.25, 0.3) is 0 Å². The van der Waals surface area contributed by atoms with Crippen molar-refractivity contribution in [3.8, 4) is 5.75 Å². The standard InChI is InChI=1S/C25H24ClNO4/c1-3-31-25(29)24-19(12-16-6-4-5-7-22(16)30-2)23-20(27-24)13-17(14-21(23)28)15-8-10-18(26)11-9-15/h4-11,17,27H,3,12-14H2,1-2H3/t17-/m0/s1. The van der Waals surface area contributed by atoms with Gasteiger partial charge in [-0.2, -0.15) is 0 Å². The van der Waals surface area contributed by atoms with Crippen LogP contribution in [0.15, 0.2) is 48.5 Å². The summed E-state index contributed by atoms with van der Waals surface area (Å²) in [5.74, 6) is 0.329. The first-order chi connectivity index (χ1) is 15.0. The lowest BCUT2D eigenvalue weighted by Crippen LogP contribution is -2.19. The van der Waals surface area contributed by atoms with Crippen LogP contribution < -0.4 is 4.74 Å². The van der Waals surface area contributed by atoms with Crippen molar-refractivity contribution in [2.75, 3.05) is 13.7 Å². The summed E-state index contributed by atoms with van der Waals surface area (Å²) < 4.78 is 10.7. The minimum absolute atomic E-state index is 0.0258. The van der Waals surface area contributed by atoms with Crippen molar-refractivity contribution in [2.45, 2.75) is 32.1 Å². The first-order valence-corrected chi connectivity index (χ1v) is 10.7. The Balaban J connectivity index is 1.76. The molecule has 0 spiro atoms. The SMILES string of the molecule is CCOC(=O)c1[nH]c2c(c1Cc1ccccc1OC)C(=O)C[C@@H](c1ccc(Cl)cc1)C2. The zero-order valence-corrected chi connectivity index (χ0v) is 18.3. The molecule has 1 aliphatic carbocycles. The van der Waals surface area contributed by atoms with E-state index in [-0.39, 0.29) is 18.3 Å². The third-order valence-electron chi connectivity index (χ3n) is 5.72. The highest BCUT2D eigenvalue weighted by atomic mass is 35.5. The molecule has 1 aromatic heterocycles. The first kappa shape index (κ1) is 21.2. The molecule has 0 saturated heterocycles. The van der Waals surface area contributed by atoms with E-state index < -0.39 is 5.97 Å². The molecule has 31 heavy (non-hydrogen) atoms. The Bertz CT molecular complexity index is 1120. The van der Waals surface area contributed by atoms with Crippen LogP contribution in [-0.4, -0.2) is 30.5 Å². The van der Waals surface area contributed by atoms with Crippen LogP contribution in [0.3, 0.4) is 0 Å². The van der Waals surface area contributed by atoms with Gasteiger partial charge in [-0.3, -0.25) is 4.79 Å². The van der Waals surface area contributed by atoms with Crippen LogP contribution in [-0.2, 0) is 17.6 Å². The number of nitrogens with one attached hydrogen (secondary N) is 1. The monoisotopic (exact) mass is 437 g/mol. The average molecular weight is 438 g/mol. The van der Waals surface area contributed by atoms with E-state index in [9.17, 15) is 9.59 Å². The summed E-state index contributed by atoms with van der Waals surface area (Å²) in [5.41, 5.74) is 4.38. The highest BCUT2D eigenvalue weighted by molar-refractivity contribution is 6.30. The second kappa shape index (κ2) is 8.98. The Kier molecular flexibility index (Phi) is 6.14. The third kappa shape index (κ3) is 4.23. The zero-order chi connectivity index (χ0) is 22.0. The van der Waals surface area contributed by atoms with E-state index in [4.69, 9.17) is 21.1 Å². The molecule has 2 aromatic carbocycles. The molecule has 5 nitrogen and oxygen atoms in total. The highest BCUT2D eigenvalue weighted by Gasteiger charge is 2.34. The Hall–Kier alpha value is -3.05. The van der Waals surface area contributed by atoms with Gasteiger partial charge in [0.05, 0.1) is 13.7 Å². The van der Waals surface area contributed by atoms with Gasteiger partial charge in [-0.1, -0.05) is 41.9 Å². The van der Waals surface area contributed by atoms with Gasteiger partial charge in [-0.05, 0) is 48.6 Å². The Morgan fingerprint density at radius 2 is 1.87 bits per heavy atom. The largest absolute Gasteiger partial charge is 0.496 e. The maximum absolute atomic E-state index is 13.3. The molecule has 0 aliphatic heterocycles. The van der Waals surface area contributed by atoms with Crippen LogP contribution in [0, 0.1) is 0 Å². The van der Waals surface area contributed by atoms with Crippen LogP contribution in [0.5, 0.6) is 5.75 Å². The summed E-state index contributed by atoms with van der Waals surface area (Å²) in [5, 5.41) is 0.662. The molecule has 0 radical (unpaired) electrons. The average Bonchev–Trinajstić information content (AvgIpc) is 3.13. The van der Waals surface area contributed by atoms with Crippen molar-refractivity contribution in [3.05, 3.63) is 87.2 Å². The lowest BCUT2D eigenvalue weighted by Gasteiger charge is -2.22. The van der Waals surface area contributed by atoms with Crippen LogP contribution in [0.1, 0.15) is 62.5 Å². The quantitative estimate of drug-likeness (QED) is 0.527. The van der Waals surface area contributed by atoms with Crippen molar-refractivity contribution >= 4 is 23.4 Å². The molecule has 1 aliphatic rings. The number of carbonyl (C=O) groups excluding carboxylic acids is 2. The molecule has 0 bridgehead atoms. The normalized spacial score (nSPS) is 15.5. The number of esters is 1. The van der Waals surface area contributed by atoms with Crippen molar-refractivity contribution in [1.82, 2.24) is 4.98 Å². The van der Waals surface area contributed by atoms with E-state index in [2.05, 4.69) is 4.98 Å². The second-order valence-corrected chi connectivity index (χ2v) is 8.06. The zero-order valence-electron chi connectivity index (χ0n) is 17.5. The molecular formula is C25H24ClNO4. The molecule has 6 heteroatoms. The smallest absolute Gasteiger partial charge is 0.355 e. The van der Waals surface area contributed by atoms with Gasteiger partial charge in [0, 0.05) is 34.7 Å². The molecule has 160 valence electrons. The molecule has 4 rings (SSSR count). The van der Waals surface area contributed by atoms with Gasteiger partial charge in [-0.15, -0.1) is 0 Å². The van der Waals surface area contributed by atoms with E-state index in [1.807, 2.05) is 48.5 Å². The first-order valence-electron chi connectivity index (χ1n) is 10.3. The molecule has 3 aromatic rings. The second-order valence-electron chi connectivity index (χ2n) is 7.62. The number of rotatable bonds is 6. The van der Waals surface area contributed by atoms with Crippen LogP contribution in [0.4, 0.5) is 0 Å². The molecule has 0 unspecified atom stereocenters. The number of methoxy groups -OCH3 is 1. The number of para-hydroxylation sites is 1. The fourth-order valence-corrected chi connectivity index (χ4v) is 4.42. The molecule has 1 N–H and O–H groups in total. The van der Waals surface area contributed by atoms with E-state index in [0.717, 1.165) is 22.6 Å². The number of halogens is 1. The molecule has 1 heterocycles. The lowest BCUT2D eigenvalue weighted by molar-refractivity contribution is 0.0519. The highest BCUT2D eigenvalue weighted by Crippen LogP contribution is 2.37. The van der Waals surface area contributed by atoms with Gasteiger partial charge >= 0.3 is 5.97 Å². The summed E-state index contributed by atoms with van der Waals surface area (Å²) in [6.07, 6.45) is 1.43. The van der Waals surface area contributed by atoms with Gasteiger partial charge in [0.1, 0.15) is 11.4 Å². The number of carbonyl (C=O) groups is 2. The van der Waals surface area contributed by atoms with Crippen molar-refractivity contribution < 1.29 is 19.1 Å². The maximum atomic E-state index is 13.3. The summed E-state index contributed by atoms with van der Waals surface area (Å²) >= 11 is 6.02. The number of aromatic nitrogens is 1. The number of fused-ring (bicyclic) bond motifs is 1. The molecule has 1 atom stereocenters. The van der Waals surface area contributed by atoms with Crippen molar-refractivity contribution in [3.63, 3.8) is 0 Å². The number of aromatic amines is 1. The van der Waals surface area contributed by atoms with Gasteiger partial charge in [0.2, 0.25) is 0 Å². The number of benzene rings is 2. The van der Waals surface area contributed by atoms with Gasteiger partial charge < -0.3 is 14.5 Å². The van der Waals surface area contributed by atoms with Crippen LogP contribution >= 0.6 is 11.6 Å². The molecule has 0 fully saturated rings. The number of hydrogen-bond donors (Lipinski definition) is 1. The number of H-pyrrole nitrogens is 1. The third-order valence-corrected chi connectivity index (χ3v) is 5.98. The minimum atomic E-state index is -0.447. The summed E-state index contributed by atoms with van der Waals surface area (Å²) in [4.78, 5) is 29.2. The summed E-state index contributed by atoms with van der Waals surface area (Å²) in [6, 6.07) is 15.2. The number of ketones is 1. The Morgan fingerprint density at radius 1 is 1.13 bits per heavy atom. The fourth-order valence-electron chi connectivity index (χ4n) is 4.29. The summed E-state index contributed by atoms with van der Waals surface area (Å²) in [6.45, 7) is 2.03. The van der Waals surface area contributed by atoms with Crippen LogP contribution in [0.2, 0.25) is 5.02 Å². The molecule has 0 saturated carbocycles. The van der Waals surface area contributed by atoms with Crippen molar-refractivity contribution in [1.29, 1.82) is 0 Å². The van der Waals surface area contributed by atoms with Gasteiger partial charge in [-0.25, -0.2) is 4.79 Å². The number of hydrogen-bond acceptors (Lipinski definition) is 4. The van der Waals surface area contributed by atoms with E-state index in [0.29, 0.717) is 41.1 Å². The topological polar surface area (TPSA) is 68.4 Å². The van der Waals surface area contributed by atoms with E-state index >= 15 is 0 Å². The summed E-state index contributed by atoms with van der Waals surface area (Å²) in [7, 11) is 1.61. The van der Waals surface area contributed by atoms with Crippen LogP contribution in [0.25, 0.3) is 0 Å². The predicted molar refractivity (Wildman–Crippen MR) is 119 cm³/mol. The minimum Gasteiger partial charge on any atom is -0.496 e. The molecular weight excluding hydrogens is 414 g/mol. The Morgan fingerprint density at radius 3 is 2.58 bits per heavy atom. The van der Waals surface area contributed by atoms with Gasteiger partial charge in [0.15, 0.2) is 5.78 Å². The number of Topliss-reactive ketones (excluding diaryl/α,β-unsaturated/α-hetero) is 1. The maximum Gasteiger partial charge on any atom is 0.355 e. The molecule has 0 amide bonds.